The molecule has 2 rings (SSSR count). The number of amides is 2. The van der Waals surface area contributed by atoms with Gasteiger partial charge < -0.3 is 21.1 Å². The molecule has 0 aliphatic rings. The SMILES string of the molecule is CC(C)(C)OC(=O)NC(Cc1ccccc1)C(=O)Nc1ccc(N)cc1. The number of nitrogens with two attached hydrogens (primary N) is 1. The number of carbonyl (C=O) groups excluding carboxylic acids is 2. The fourth-order valence-corrected chi connectivity index (χ4v) is 2.30. The number of hydrogen-bond donors (Lipinski definition) is 3. The van der Waals surface area contributed by atoms with Gasteiger partial charge in [-0.2, -0.15) is 0 Å². The van der Waals surface area contributed by atoms with Crippen molar-refractivity contribution < 1.29 is 14.3 Å². The zero-order valence-corrected chi connectivity index (χ0v) is 15.3. The molecule has 2 amide bonds. The number of anilines is 2. The minimum Gasteiger partial charge on any atom is -0.444 e. The number of nitrogen functional groups attached to an aromatic ring is 1. The maximum Gasteiger partial charge on any atom is 0.408 e. The van der Waals surface area contributed by atoms with Crippen LogP contribution in [-0.4, -0.2) is 23.6 Å². The Bertz CT molecular complexity index is 737. The van der Waals surface area contributed by atoms with Crippen LogP contribution in [0.3, 0.4) is 0 Å². The summed E-state index contributed by atoms with van der Waals surface area (Å²) in [6.45, 7) is 5.31. The Labute approximate surface area is 153 Å². The topological polar surface area (TPSA) is 93.4 Å². The third kappa shape index (κ3) is 6.47. The van der Waals surface area contributed by atoms with E-state index in [0.29, 0.717) is 17.8 Å². The Morgan fingerprint density at radius 3 is 2.23 bits per heavy atom. The summed E-state index contributed by atoms with van der Waals surface area (Å²) in [6, 6.07) is 15.5. The van der Waals surface area contributed by atoms with E-state index in [1.807, 2.05) is 30.3 Å². The van der Waals surface area contributed by atoms with Crippen LogP contribution >= 0.6 is 0 Å². The van der Waals surface area contributed by atoms with Gasteiger partial charge in [-0.1, -0.05) is 30.3 Å². The molecular weight excluding hydrogens is 330 g/mol. The van der Waals surface area contributed by atoms with Crippen LogP contribution in [0.1, 0.15) is 26.3 Å². The van der Waals surface area contributed by atoms with Crippen molar-refractivity contribution in [2.45, 2.75) is 38.8 Å². The predicted molar refractivity (Wildman–Crippen MR) is 103 cm³/mol. The van der Waals surface area contributed by atoms with Crippen molar-refractivity contribution >= 4 is 23.4 Å². The summed E-state index contributed by atoms with van der Waals surface area (Å²) in [5.41, 5.74) is 7.16. The molecule has 0 saturated carbocycles. The molecule has 2 aromatic rings. The molecule has 2 aromatic carbocycles. The Balaban J connectivity index is 2.11. The van der Waals surface area contributed by atoms with Crippen LogP contribution in [0.25, 0.3) is 0 Å². The van der Waals surface area contributed by atoms with Gasteiger partial charge in [-0.05, 0) is 50.6 Å². The summed E-state index contributed by atoms with van der Waals surface area (Å²) in [4.78, 5) is 24.8. The van der Waals surface area contributed by atoms with E-state index in [1.54, 1.807) is 45.0 Å². The van der Waals surface area contributed by atoms with Crippen molar-refractivity contribution in [1.29, 1.82) is 0 Å². The fraction of sp³-hybridized carbons (Fsp3) is 0.300. The maximum atomic E-state index is 12.7. The van der Waals surface area contributed by atoms with Gasteiger partial charge >= 0.3 is 6.09 Å². The molecule has 0 spiro atoms. The molecule has 0 fully saturated rings. The van der Waals surface area contributed by atoms with E-state index >= 15 is 0 Å². The summed E-state index contributed by atoms with van der Waals surface area (Å²) < 4.78 is 5.28. The summed E-state index contributed by atoms with van der Waals surface area (Å²) in [6.07, 6.45) is -0.285. The zero-order valence-electron chi connectivity index (χ0n) is 15.3. The molecule has 0 bridgehead atoms. The highest BCUT2D eigenvalue weighted by Crippen LogP contribution is 2.13. The molecule has 26 heavy (non-hydrogen) atoms. The number of hydrogen-bond acceptors (Lipinski definition) is 4. The lowest BCUT2D eigenvalue weighted by molar-refractivity contribution is -0.118. The molecular formula is C20H25N3O3. The first-order chi connectivity index (χ1) is 12.2. The lowest BCUT2D eigenvalue weighted by Gasteiger charge is -2.23. The van der Waals surface area contributed by atoms with Gasteiger partial charge in [0.1, 0.15) is 11.6 Å². The normalized spacial score (nSPS) is 12.1. The number of carbonyl (C=O) groups is 2. The highest BCUT2D eigenvalue weighted by atomic mass is 16.6. The van der Waals surface area contributed by atoms with Gasteiger partial charge in [-0.3, -0.25) is 4.79 Å². The van der Waals surface area contributed by atoms with E-state index in [4.69, 9.17) is 10.5 Å². The highest BCUT2D eigenvalue weighted by molar-refractivity contribution is 5.96. The molecule has 1 unspecified atom stereocenters. The molecule has 0 aromatic heterocycles. The predicted octanol–water partition coefficient (Wildman–Crippen LogP) is 3.34. The molecule has 4 N–H and O–H groups in total. The lowest BCUT2D eigenvalue weighted by Crippen LogP contribution is -2.47. The molecule has 0 radical (unpaired) electrons. The lowest BCUT2D eigenvalue weighted by atomic mass is 10.1. The number of nitrogens with one attached hydrogen (secondary N) is 2. The van der Waals surface area contributed by atoms with E-state index in [-0.39, 0.29) is 5.91 Å². The van der Waals surface area contributed by atoms with Crippen molar-refractivity contribution in [3.8, 4) is 0 Å². The van der Waals surface area contributed by atoms with E-state index in [0.717, 1.165) is 5.56 Å². The standard InChI is InChI=1S/C20H25N3O3/c1-20(2,3)26-19(25)23-17(13-14-7-5-4-6-8-14)18(24)22-16-11-9-15(21)10-12-16/h4-12,17H,13,21H2,1-3H3,(H,22,24)(H,23,25). The van der Waals surface area contributed by atoms with E-state index in [2.05, 4.69) is 10.6 Å². The van der Waals surface area contributed by atoms with Crippen molar-refractivity contribution in [3.63, 3.8) is 0 Å². The van der Waals surface area contributed by atoms with Gasteiger partial charge in [0.2, 0.25) is 5.91 Å². The Morgan fingerprint density at radius 1 is 1.04 bits per heavy atom. The molecule has 138 valence electrons. The molecule has 0 saturated heterocycles. The number of ether oxygens (including phenoxy) is 1. The summed E-state index contributed by atoms with van der Waals surface area (Å²) in [7, 11) is 0. The average molecular weight is 355 g/mol. The van der Waals surface area contributed by atoms with Gasteiger partial charge in [0, 0.05) is 17.8 Å². The van der Waals surface area contributed by atoms with Crippen LogP contribution in [0, 0.1) is 0 Å². The third-order valence-electron chi connectivity index (χ3n) is 3.47. The first kappa shape index (κ1) is 19.3. The molecule has 0 aliphatic heterocycles. The smallest absolute Gasteiger partial charge is 0.408 e. The van der Waals surface area contributed by atoms with Crippen LogP contribution in [0.4, 0.5) is 16.2 Å². The quantitative estimate of drug-likeness (QED) is 0.717. The maximum absolute atomic E-state index is 12.7. The Kier molecular flexibility index (Phi) is 6.22. The van der Waals surface area contributed by atoms with Crippen molar-refractivity contribution in [3.05, 3.63) is 60.2 Å². The Hall–Kier alpha value is -3.02. The summed E-state index contributed by atoms with van der Waals surface area (Å²) in [5.74, 6) is -0.329. The van der Waals surface area contributed by atoms with Crippen molar-refractivity contribution in [2.24, 2.45) is 0 Å². The molecule has 1 atom stereocenters. The van der Waals surface area contributed by atoms with Crippen LogP contribution in [0.5, 0.6) is 0 Å². The second-order valence-electron chi connectivity index (χ2n) is 7.00. The average Bonchev–Trinajstić information content (AvgIpc) is 2.55. The van der Waals surface area contributed by atoms with E-state index in [9.17, 15) is 9.59 Å². The monoisotopic (exact) mass is 355 g/mol. The zero-order chi connectivity index (χ0) is 19.2. The largest absolute Gasteiger partial charge is 0.444 e. The van der Waals surface area contributed by atoms with Gasteiger partial charge in [0.15, 0.2) is 0 Å². The second-order valence-corrected chi connectivity index (χ2v) is 7.00. The first-order valence-electron chi connectivity index (χ1n) is 8.43. The Morgan fingerprint density at radius 2 is 1.65 bits per heavy atom. The van der Waals surface area contributed by atoms with Gasteiger partial charge in [0.25, 0.3) is 0 Å². The van der Waals surface area contributed by atoms with Gasteiger partial charge in [-0.25, -0.2) is 4.79 Å². The first-order valence-corrected chi connectivity index (χ1v) is 8.43. The molecule has 6 nitrogen and oxygen atoms in total. The third-order valence-corrected chi connectivity index (χ3v) is 3.47. The number of alkyl carbamates (subject to hydrolysis) is 1. The molecule has 6 heteroatoms. The van der Waals surface area contributed by atoms with Crippen LogP contribution < -0.4 is 16.4 Å². The molecule has 0 aliphatic carbocycles. The van der Waals surface area contributed by atoms with Gasteiger partial charge in [0.05, 0.1) is 0 Å². The van der Waals surface area contributed by atoms with Crippen molar-refractivity contribution in [1.82, 2.24) is 5.32 Å². The van der Waals surface area contributed by atoms with Crippen LogP contribution in [0.2, 0.25) is 0 Å². The minimum atomic E-state index is -0.773. The number of benzene rings is 2. The highest BCUT2D eigenvalue weighted by Gasteiger charge is 2.24. The number of rotatable bonds is 5. The van der Waals surface area contributed by atoms with E-state index in [1.165, 1.54) is 0 Å². The van der Waals surface area contributed by atoms with Crippen LogP contribution in [0.15, 0.2) is 54.6 Å². The van der Waals surface area contributed by atoms with Gasteiger partial charge in [-0.15, -0.1) is 0 Å². The summed E-state index contributed by atoms with van der Waals surface area (Å²) in [5, 5.41) is 5.45. The molecule has 0 heterocycles. The van der Waals surface area contributed by atoms with E-state index < -0.39 is 17.7 Å². The van der Waals surface area contributed by atoms with Crippen LogP contribution in [-0.2, 0) is 16.0 Å². The minimum absolute atomic E-state index is 0.329. The van der Waals surface area contributed by atoms with Crippen molar-refractivity contribution in [2.75, 3.05) is 11.1 Å². The fourth-order valence-electron chi connectivity index (χ4n) is 2.30. The second kappa shape index (κ2) is 8.38. The summed E-state index contributed by atoms with van der Waals surface area (Å²) >= 11 is 0.